The monoisotopic (exact) mass is 498 g/mol. The number of benzene rings is 4. The van der Waals surface area contributed by atoms with Gasteiger partial charge >= 0.3 is 0 Å². The number of fused-ring (bicyclic) bond motifs is 1. The zero-order valence-electron chi connectivity index (χ0n) is 20.4. The van der Waals surface area contributed by atoms with Crippen molar-refractivity contribution in [3.63, 3.8) is 0 Å². The summed E-state index contributed by atoms with van der Waals surface area (Å²) in [7, 11) is 1.53. The van der Waals surface area contributed by atoms with Gasteiger partial charge in [0, 0.05) is 17.8 Å². The Morgan fingerprint density at radius 1 is 1.00 bits per heavy atom. The molecule has 0 spiro atoms. The van der Waals surface area contributed by atoms with E-state index in [1.807, 2.05) is 42.5 Å². The molecular formula is C28H26N4O5. The van der Waals surface area contributed by atoms with Crippen LogP contribution in [0.1, 0.15) is 18.1 Å². The van der Waals surface area contributed by atoms with Crippen molar-refractivity contribution in [2.75, 3.05) is 12.4 Å². The molecule has 188 valence electrons. The molecule has 37 heavy (non-hydrogen) atoms. The standard InChI is InChI=1S/C28H26N4O5/c1-19(30-24-11-10-22-5-3-4-6-23(22)16-24)28(33)31-29-17-21-9-14-26(36-2)27(15-21)37-18-20-7-12-25(13-8-20)32(34)35/h3-17,19,30H,18H2,1-2H3,(H,31,33)/b29-17-/t19-/m0/s1. The van der Waals surface area contributed by atoms with Gasteiger partial charge in [-0.05, 0) is 71.3 Å². The molecule has 4 aromatic carbocycles. The molecule has 0 aliphatic rings. The molecule has 0 unspecified atom stereocenters. The molecule has 0 aliphatic carbocycles. The first-order chi connectivity index (χ1) is 17.9. The summed E-state index contributed by atoms with van der Waals surface area (Å²) in [5.74, 6) is 0.714. The van der Waals surface area contributed by atoms with Gasteiger partial charge < -0.3 is 14.8 Å². The molecule has 0 saturated carbocycles. The molecule has 9 heteroatoms. The number of nitro benzene ring substituents is 1. The van der Waals surface area contributed by atoms with Crippen molar-refractivity contribution >= 4 is 34.3 Å². The highest BCUT2D eigenvalue weighted by molar-refractivity contribution is 5.89. The van der Waals surface area contributed by atoms with Gasteiger partial charge in [0.1, 0.15) is 12.6 Å². The summed E-state index contributed by atoms with van der Waals surface area (Å²) in [6.07, 6.45) is 1.51. The van der Waals surface area contributed by atoms with Crippen LogP contribution in [0.15, 0.2) is 90.0 Å². The van der Waals surface area contributed by atoms with Gasteiger partial charge in [-0.25, -0.2) is 5.43 Å². The van der Waals surface area contributed by atoms with Gasteiger partial charge in [-0.3, -0.25) is 14.9 Å². The Morgan fingerprint density at radius 3 is 2.49 bits per heavy atom. The van der Waals surface area contributed by atoms with Gasteiger partial charge in [-0.1, -0.05) is 30.3 Å². The fourth-order valence-electron chi connectivity index (χ4n) is 3.62. The fraction of sp³-hybridized carbons (Fsp3) is 0.143. The number of amides is 1. The van der Waals surface area contributed by atoms with Crippen LogP contribution in [0, 0.1) is 10.1 Å². The van der Waals surface area contributed by atoms with E-state index in [0.29, 0.717) is 17.1 Å². The summed E-state index contributed by atoms with van der Waals surface area (Å²) < 4.78 is 11.2. The van der Waals surface area contributed by atoms with E-state index in [1.54, 1.807) is 37.3 Å². The Hall–Kier alpha value is -4.92. The maximum atomic E-state index is 12.5. The van der Waals surface area contributed by atoms with Crippen molar-refractivity contribution in [2.45, 2.75) is 19.6 Å². The number of methoxy groups -OCH3 is 1. The van der Waals surface area contributed by atoms with E-state index in [1.165, 1.54) is 25.5 Å². The lowest BCUT2D eigenvalue weighted by atomic mass is 10.1. The average molecular weight is 499 g/mol. The van der Waals surface area contributed by atoms with Crippen LogP contribution < -0.4 is 20.2 Å². The first-order valence-electron chi connectivity index (χ1n) is 11.6. The van der Waals surface area contributed by atoms with Crippen LogP contribution in [0.5, 0.6) is 11.5 Å². The molecule has 1 amide bonds. The van der Waals surface area contributed by atoms with E-state index in [4.69, 9.17) is 9.47 Å². The second-order valence-corrected chi connectivity index (χ2v) is 8.28. The number of rotatable bonds is 10. The van der Waals surface area contributed by atoms with Crippen LogP contribution >= 0.6 is 0 Å². The summed E-state index contributed by atoms with van der Waals surface area (Å²) >= 11 is 0. The predicted molar refractivity (Wildman–Crippen MR) is 143 cm³/mol. The van der Waals surface area contributed by atoms with Crippen molar-refractivity contribution in [2.24, 2.45) is 5.10 Å². The molecule has 4 rings (SSSR count). The molecule has 2 N–H and O–H groups in total. The van der Waals surface area contributed by atoms with Gasteiger partial charge in [0.15, 0.2) is 11.5 Å². The van der Waals surface area contributed by atoms with Gasteiger partial charge in [-0.15, -0.1) is 0 Å². The van der Waals surface area contributed by atoms with E-state index in [2.05, 4.69) is 15.8 Å². The van der Waals surface area contributed by atoms with E-state index < -0.39 is 11.0 Å². The summed E-state index contributed by atoms with van der Waals surface area (Å²) in [5, 5.41) is 20.3. The molecule has 9 nitrogen and oxygen atoms in total. The van der Waals surface area contributed by atoms with Gasteiger partial charge in [0.25, 0.3) is 11.6 Å². The van der Waals surface area contributed by atoms with Crippen LogP contribution in [0.3, 0.4) is 0 Å². The molecule has 4 aromatic rings. The Balaban J connectivity index is 1.35. The maximum Gasteiger partial charge on any atom is 0.269 e. The highest BCUT2D eigenvalue weighted by Gasteiger charge is 2.12. The normalized spacial score (nSPS) is 11.7. The topological polar surface area (TPSA) is 115 Å². The maximum absolute atomic E-state index is 12.5. The van der Waals surface area contributed by atoms with Crippen molar-refractivity contribution in [3.8, 4) is 11.5 Å². The number of nitrogens with one attached hydrogen (secondary N) is 2. The quantitative estimate of drug-likeness (QED) is 0.174. The van der Waals surface area contributed by atoms with Crippen molar-refractivity contribution in [1.29, 1.82) is 0 Å². The summed E-state index contributed by atoms with van der Waals surface area (Å²) in [5.41, 5.74) is 4.87. The first-order valence-corrected chi connectivity index (χ1v) is 11.6. The third kappa shape index (κ3) is 6.61. The molecule has 0 fully saturated rings. The zero-order valence-corrected chi connectivity index (χ0v) is 20.4. The second-order valence-electron chi connectivity index (χ2n) is 8.28. The second kappa shape index (κ2) is 11.7. The molecule has 0 heterocycles. The lowest BCUT2D eigenvalue weighted by Gasteiger charge is -2.14. The van der Waals surface area contributed by atoms with Crippen molar-refractivity contribution in [3.05, 3.63) is 106 Å². The number of carbonyl (C=O) groups excluding carboxylic acids is 1. The number of carbonyl (C=O) groups is 1. The van der Waals surface area contributed by atoms with E-state index >= 15 is 0 Å². The number of hydrazone groups is 1. The van der Waals surface area contributed by atoms with Crippen LogP contribution in [0.25, 0.3) is 10.8 Å². The zero-order chi connectivity index (χ0) is 26.2. The van der Waals surface area contributed by atoms with Crippen LogP contribution in [-0.4, -0.2) is 30.2 Å². The predicted octanol–water partition coefficient (Wildman–Crippen LogP) is 5.29. The first kappa shape index (κ1) is 25.2. The minimum absolute atomic E-state index is 0.0170. The minimum atomic E-state index is -0.505. The largest absolute Gasteiger partial charge is 0.493 e. The SMILES string of the molecule is COc1ccc(/C=N\NC(=O)[C@H](C)Nc2ccc3ccccc3c2)cc1OCc1ccc([N+](=O)[O-])cc1. The highest BCUT2D eigenvalue weighted by Crippen LogP contribution is 2.28. The van der Waals surface area contributed by atoms with Crippen molar-refractivity contribution < 1.29 is 19.2 Å². The number of hydrogen-bond acceptors (Lipinski definition) is 7. The third-order valence-electron chi connectivity index (χ3n) is 5.64. The molecule has 0 aromatic heterocycles. The number of hydrogen-bond donors (Lipinski definition) is 2. The van der Waals surface area contributed by atoms with Crippen LogP contribution in [0.4, 0.5) is 11.4 Å². The van der Waals surface area contributed by atoms with Gasteiger partial charge in [0.2, 0.25) is 0 Å². The summed E-state index contributed by atoms with van der Waals surface area (Å²) in [4.78, 5) is 22.9. The van der Waals surface area contributed by atoms with Gasteiger partial charge in [-0.2, -0.15) is 5.10 Å². The third-order valence-corrected chi connectivity index (χ3v) is 5.64. The molecule has 0 saturated heterocycles. The number of anilines is 1. The van der Waals surface area contributed by atoms with E-state index in [-0.39, 0.29) is 18.2 Å². The molecular weight excluding hydrogens is 472 g/mol. The van der Waals surface area contributed by atoms with Crippen LogP contribution in [-0.2, 0) is 11.4 Å². The lowest BCUT2D eigenvalue weighted by Crippen LogP contribution is -2.34. The van der Waals surface area contributed by atoms with Crippen molar-refractivity contribution in [1.82, 2.24) is 5.43 Å². The number of nitro groups is 1. The summed E-state index contributed by atoms with van der Waals surface area (Å²) in [6, 6.07) is 24.8. The molecule has 0 aliphatic heterocycles. The summed E-state index contributed by atoms with van der Waals surface area (Å²) in [6.45, 7) is 1.96. The van der Waals surface area contributed by atoms with Gasteiger partial charge in [0.05, 0.1) is 18.2 Å². The molecule has 1 atom stereocenters. The number of non-ortho nitro benzene ring substituents is 1. The number of nitrogens with zero attached hydrogens (tertiary/aromatic N) is 2. The molecule has 0 radical (unpaired) electrons. The lowest BCUT2D eigenvalue weighted by molar-refractivity contribution is -0.384. The fourth-order valence-corrected chi connectivity index (χ4v) is 3.62. The molecule has 0 bridgehead atoms. The Labute approximate surface area is 213 Å². The minimum Gasteiger partial charge on any atom is -0.493 e. The van der Waals surface area contributed by atoms with Crippen LogP contribution in [0.2, 0.25) is 0 Å². The highest BCUT2D eigenvalue weighted by atomic mass is 16.6. The Morgan fingerprint density at radius 2 is 1.76 bits per heavy atom. The Kier molecular flexibility index (Phi) is 7.95. The smallest absolute Gasteiger partial charge is 0.269 e. The number of ether oxygens (including phenoxy) is 2. The van der Waals surface area contributed by atoms with E-state index in [9.17, 15) is 14.9 Å². The van der Waals surface area contributed by atoms with E-state index in [0.717, 1.165) is 22.0 Å². The average Bonchev–Trinajstić information content (AvgIpc) is 2.92. The Bertz CT molecular complexity index is 1440.